The van der Waals surface area contributed by atoms with Crippen molar-refractivity contribution in [2.24, 2.45) is 0 Å². The first-order valence-corrected chi connectivity index (χ1v) is 10.1. The van der Waals surface area contributed by atoms with Gasteiger partial charge in [-0.2, -0.15) is 0 Å². The molecule has 1 aliphatic rings. The second kappa shape index (κ2) is 8.63. The molecule has 1 aromatic carbocycles. The van der Waals surface area contributed by atoms with Gasteiger partial charge in [-0.05, 0) is 31.9 Å². The molecule has 0 aliphatic carbocycles. The first kappa shape index (κ1) is 19.5. The maximum Gasteiger partial charge on any atom is 0.238 e. The molecule has 3 rings (SSSR count). The number of hydrogen-bond donors (Lipinski definition) is 1. The maximum atomic E-state index is 12.4. The first-order valence-electron chi connectivity index (χ1n) is 9.19. The molecule has 27 heavy (non-hydrogen) atoms. The molecule has 0 atom stereocenters. The molecule has 1 N–H and O–H groups in total. The molecule has 0 radical (unpaired) electrons. The Bertz CT molecular complexity index is 805. The molecule has 144 valence electrons. The van der Waals surface area contributed by atoms with Gasteiger partial charge in [0.2, 0.25) is 11.8 Å². The molecule has 1 saturated heterocycles. The van der Waals surface area contributed by atoms with E-state index >= 15 is 0 Å². The van der Waals surface area contributed by atoms with Crippen molar-refractivity contribution in [3.63, 3.8) is 0 Å². The van der Waals surface area contributed by atoms with E-state index in [1.807, 2.05) is 49.3 Å². The Kier molecular flexibility index (Phi) is 6.23. The number of thiazole rings is 1. The van der Waals surface area contributed by atoms with E-state index in [4.69, 9.17) is 0 Å². The quantitative estimate of drug-likeness (QED) is 0.857. The number of nitrogens with zero attached hydrogens (tertiary/aromatic N) is 3. The van der Waals surface area contributed by atoms with Crippen LogP contribution in [-0.4, -0.2) is 59.3 Å². The molecule has 7 heteroatoms. The monoisotopic (exact) mass is 386 g/mol. The number of amides is 2. The largest absolute Gasteiger partial charge is 0.340 e. The summed E-state index contributed by atoms with van der Waals surface area (Å²) in [7, 11) is 0. The van der Waals surface area contributed by atoms with Gasteiger partial charge >= 0.3 is 0 Å². The van der Waals surface area contributed by atoms with Gasteiger partial charge in [-0.1, -0.05) is 18.2 Å². The van der Waals surface area contributed by atoms with E-state index in [2.05, 4.69) is 15.2 Å². The van der Waals surface area contributed by atoms with Gasteiger partial charge in [0.25, 0.3) is 0 Å². The second-order valence-electron chi connectivity index (χ2n) is 7.01. The second-order valence-corrected chi connectivity index (χ2v) is 8.07. The minimum atomic E-state index is -0.00914. The summed E-state index contributed by atoms with van der Waals surface area (Å²) in [6, 6.07) is 5.98. The molecular weight excluding hydrogens is 360 g/mol. The van der Waals surface area contributed by atoms with Crippen LogP contribution in [0.5, 0.6) is 0 Å². The van der Waals surface area contributed by atoms with Gasteiger partial charge in [0, 0.05) is 37.2 Å². The Morgan fingerprint density at radius 1 is 1.11 bits per heavy atom. The standard InChI is InChI=1S/C20H26N4O2S/c1-14-5-4-6-15(2)20(14)22-18(25)12-23-7-9-24(10-8-23)19(26)11-17-13-27-16(3)21-17/h4-6,13H,7-12H2,1-3H3,(H,22,25). The molecule has 2 aromatic rings. The lowest BCUT2D eigenvalue weighted by Gasteiger charge is -2.34. The lowest BCUT2D eigenvalue weighted by atomic mass is 10.1. The molecule has 0 unspecified atom stereocenters. The van der Waals surface area contributed by atoms with Crippen LogP contribution >= 0.6 is 11.3 Å². The van der Waals surface area contributed by atoms with Crippen molar-refractivity contribution in [1.82, 2.24) is 14.8 Å². The van der Waals surface area contributed by atoms with Crippen LogP contribution < -0.4 is 5.32 Å². The van der Waals surface area contributed by atoms with Crippen molar-refractivity contribution < 1.29 is 9.59 Å². The van der Waals surface area contributed by atoms with E-state index < -0.39 is 0 Å². The highest BCUT2D eigenvalue weighted by Crippen LogP contribution is 2.19. The van der Waals surface area contributed by atoms with Crippen LogP contribution in [0.1, 0.15) is 21.8 Å². The first-order chi connectivity index (χ1) is 12.9. The molecular formula is C20H26N4O2S. The van der Waals surface area contributed by atoms with Crippen LogP contribution in [0.15, 0.2) is 23.6 Å². The Morgan fingerprint density at radius 3 is 2.37 bits per heavy atom. The summed E-state index contributed by atoms with van der Waals surface area (Å²) in [5.74, 6) is 0.102. The third-order valence-corrected chi connectivity index (χ3v) is 5.66. The number of aromatic nitrogens is 1. The number of nitrogens with one attached hydrogen (secondary N) is 1. The highest BCUT2D eigenvalue weighted by atomic mass is 32.1. The fourth-order valence-corrected chi connectivity index (χ4v) is 3.92. The molecule has 6 nitrogen and oxygen atoms in total. The summed E-state index contributed by atoms with van der Waals surface area (Å²) in [6.07, 6.45) is 0.359. The number of carbonyl (C=O) groups is 2. The Labute approximate surface area is 164 Å². The fraction of sp³-hybridized carbons (Fsp3) is 0.450. The van der Waals surface area contributed by atoms with Crippen molar-refractivity contribution in [2.75, 3.05) is 38.0 Å². The number of benzene rings is 1. The highest BCUT2D eigenvalue weighted by Gasteiger charge is 2.23. The summed E-state index contributed by atoms with van der Waals surface area (Å²) in [4.78, 5) is 33.1. The summed E-state index contributed by atoms with van der Waals surface area (Å²) < 4.78 is 0. The van der Waals surface area contributed by atoms with Crippen LogP contribution in [0, 0.1) is 20.8 Å². The van der Waals surface area contributed by atoms with Gasteiger partial charge in [-0.3, -0.25) is 14.5 Å². The van der Waals surface area contributed by atoms with Gasteiger partial charge in [-0.25, -0.2) is 4.98 Å². The average molecular weight is 387 g/mol. The number of para-hydroxylation sites is 1. The summed E-state index contributed by atoms with van der Waals surface area (Å²) in [5, 5.41) is 5.96. The van der Waals surface area contributed by atoms with Crippen molar-refractivity contribution >= 4 is 28.8 Å². The molecule has 0 saturated carbocycles. The molecule has 2 amide bonds. The van der Waals surface area contributed by atoms with Gasteiger partial charge in [0.15, 0.2) is 0 Å². The Balaban J connectivity index is 1.46. The molecule has 1 fully saturated rings. The Morgan fingerprint density at radius 2 is 1.78 bits per heavy atom. The number of anilines is 1. The minimum Gasteiger partial charge on any atom is -0.340 e. The van der Waals surface area contributed by atoms with Gasteiger partial charge < -0.3 is 10.2 Å². The smallest absolute Gasteiger partial charge is 0.238 e. The van der Waals surface area contributed by atoms with Crippen LogP contribution in [0.4, 0.5) is 5.69 Å². The number of hydrogen-bond acceptors (Lipinski definition) is 5. The van der Waals surface area contributed by atoms with Crippen LogP contribution in [0.3, 0.4) is 0 Å². The summed E-state index contributed by atoms with van der Waals surface area (Å²) in [5.41, 5.74) is 3.87. The predicted molar refractivity (Wildman–Crippen MR) is 108 cm³/mol. The topological polar surface area (TPSA) is 65.5 Å². The van der Waals surface area contributed by atoms with E-state index in [9.17, 15) is 9.59 Å². The number of carbonyl (C=O) groups excluding carboxylic acids is 2. The number of piperazine rings is 1. The van der Waals surface area contributed by atoms with E-state index in [1.165, 1.54) is 0 Å². The third-order valence-electron chi connectivity index (χ3n) is 4.84. The van der Waals surface area contributed by atoms with E-state index in [0.717, 1.165) is 27.5 Å². The average Bonchev–Trinajstić information content (AvgIpc) is 3.03. The van der Waals surface area contributed by atoms with Crippen molar-refractivity contribution in [2.45, 2.75) is 27.2 Å². The molecule has 0 spiro atoms. The highest BCUT2D eigenvalue weighted by molar-refractivity contribution is 7.09. The van der Waals surface area contributed by atoms with E-state index in [-0.39, 0.29) is 11.8 Å². The lowest BCUT2D eigenvalue weighted by molar-refractivity contribution is -0.132. The van der Waals surface area contributed by atoms with Gasteiger partial charge in [0.1, 0.15) is 0 Å². The van der Waals surface area contributed by atoms with Crippen molar-refractivity contribution in [3.05, 3.63) is 45.4 Å². The number of aryl methyl sites for hydroxylation is 3. The van der Waals surface area contributed by atoms with Crippen LogP contribution in [0.25, 0.3) is 0 Å². The molecule has 1 aromatic heterocycles. The normalized spacial score (nSPS) is 15.0. The number of rotatable bonds is 5. The minimum absolute atomic E-state index is 0.00914. The van der Waals surface area contributed by atoms with Crippen molar-refractivity contribution in [1.29, 1.82) is 0 Å². The molecule has 0 bridgehead atoms. The van der Waals surface area contributed by atoms with E-state index in [1.54, 1.807) is 11.3 Å². The zero-order valence-corrected chi connectivity index (χ0v) is 16.9. The molecule has 2 heterocycles. The zero-order valence-electron chi connectivity index (χ0n) is 16.1. The predicted octanol–water partition coefficient (Wildman–Crippen LogP) is 2.39. The van der Waals surface area contributed by atoms with Crippen LogP contribution in [-0.2, 0) is 16.0 Å². The Hall–Kier alpha value is -2.25. The SMILES string of the molecule is Cc1nc(CC(=O)N2CCN(CC(=O)Nc3c(C)cccc3C)CC2)cs1. The maximum absolute atomic E-state index is 12.4. The summed E-state index contributed by atoms with van der Waals surface area (Å²) in [6.45, 7) is 9.01. The molecule has 1 aliphatic heterocycles. The van der Waals surface area contributed by atoms with Gasteiger partial charge in [-0.15, -0.1) is 11.3 Å². The third kappa shape index (κ3) is 5.14. The van der Waals surface area contributed by atoms with Gasteiger partial charge in [0.05, 0.1) is 23.7 Å². The fourth-order valence-electron chi connectivity index (χ4n) is 3.31. The summed E-state index contributed by atoms with van der Waals surface area (Å²) >= 11 is 1.57. The lowest BCUT2D eigenvalue weighted by Crippen LogP contribution is -2.50. The van der Waals surface area contributed by atoms with Crippen molar-refractivity contribution in [3.8, 4) is 0 Å². The van der Waals surface area contributed by atoms with E-state index in [0.29, 0.717) is 39.1 Å². The van der Waals surface area contributed by atoms with Crippen LogP contribution in [0.2, 0.25) is 0 Å². The zero-order chi connectivity index (χ0) is 19.4.